The summed E-state index contributed by atoms with van der Waals surface area (Å²) in [6.45, 7) is 5.26. The van der Waals surface area contributed by atoms with Crippen molar-refractivity contribution in [3.63, 3.8) is 0 Å². The molecule has 0 spiro atoms. The molecule has 0 radical (unpaired) electrons. The van der Waals surface area contributed by atoms with Crippen molar-refractivity contribution in [2.45, 2.75) is 25.4 Å². The average Bonchev–Trinajstić information content (AvgIpc) is 2.17. The minimum absolute atomic E-state index is 0.285. The van der Waals surface area contributed by atoms with E-state index in [-0.39, 0.29) is 5.75 Å². The monoisotopic (exact) mass is 192 g/mol. The summed E-state index contributed by atoms with van der Waals surface area (Å²) in [4.78, 5) is 0. The van der Waals surface area contributed by atoms with Crippen LogP contribution in [0.1, 0.15) is 18.9 Å². The molecular weight excluding hydrogens is 176 g/mol. The number of rotatable bonds is 4. The van der Waals surface area contributed by atoms with Gasteiger partial charge in [-0.05, 0) is 31.4 Å². The van der Waals surface area contributed by atoms with Gasteiger partial charge in [-0.2, -0.15) is 0 Å². The molecule has 0 bridgehead atoms. The van der Waals surface area contributed by atoms with Gasteiger partial charge in [0.05, 0.1) is 5.60 Å². The van der Waals surface area contributed by atoms with Crippen LogP contribution in [0.2, 0.25) is 0 Å². The van der Waals surface area contributed by atoms with Crippen LogP contribution in [0.3, 0.4) is 0 Å². The van der Waals surface area contributed by atoms with Crippen molar-refractivity contribution < 1.29 is 10.2 Å². The van der Waals surface area contributed by atoms with Crippen LogP contribution in [-0.2, 0) is 6.42 Å². The van der Waals surface area contributed by atoms with E-state index in [9.17, 15) is 10.2 Å². The third-order valence-electron chi connectivity index (χ3n) is 2.33. The summed E-state index contributed by atoms with van der Waals surface area (Å²) in [6.07, 6.45) is 2.73. The van der Waals surface area contributed by atoms with Gasteiger partial charge in [-0.3, -0.25) is 0 Å². The second-order valence-electron chi connectivity index (χ2n) is 3.69. The fourth-order valence-electron chi connectivity index (χ4n) is 1.21. The number of hydrogen-bond donors (Lipinski definition) is 2. The van der Waals surface area contributed by atoms with Crippen molar-refractivity contribution in [1.29, 1.82) is 0 Å². The van der Waals surface area contributed by atoms with Crippen molar-refractivity contribution in [3.8, 4) is 5.75 Å². The van der Waals surface area contributed by atoms with Gasteiger partial charge < -0.3 is 10.2 Å². The second kappa shape index (κ2) is 4.29. The van der Waals surface area contributed by atoms with E-state index in [0.717, 1.165) is 5.56 Å². The molecular formula is C12H16O2. The largest absolute Gasteiger partial charge is 0.508 e. The lowest BCUT2D eigenvalue weighted by Crippen LogP contribution is -2.20. The summed E-state index contributed by atoms with van der Waals surface area (Å²) < 4.78 is 0. The lowest BCUT2D eigenvalue weighted by atomic mass is 9.97. The summed E-state index contributed by atoms with van der Waals surface area (Å²) in [5, 5.41) is 19.1. The van der Waals surface area contributed by atoms with Crippen molar-refractivity contribution in [3.05, 3.63) is 42.5 Å². The van der Waals surface area contributed by atoms with Gasteiger partial charge in [0, 0.05) is 0 Å². The van der Waals surface area contributed by atoms with E-state index in [1.807, 2.05) is 12.1 Å². The van der Waals surface area contributed by atoms with Crippen molar-refractivity contribution in [2.24, 2.45) is 0 Å². The van der Waals surface area contributed by atoms with Crippen LogP contribution >= 0.6 is 0 Å². The molecule has 1 rings (SSSR count). The third kappa shape index (κ3) is 2.89. The first kappa shape index (κ1) is 10.8. The first-order valence-electron chi connectivity index (χ1n) is 4.68. The van der Waals surface area contributed by atoms with Gasteiger partial charge in [-0.15, -0.1) is 6.58 Å². The Morgan fingerprint density at radius 2 is 2.07 bits per heavy atom. The number of hydrogen-bond acceptors (Lipinski definition) is 2. The van der Waals surface area contributed by atoms with E-state index in [1.165, 1.54) is 6.08 Å². The van der Waals surface area contributed by atoms with Gasteiger partial charge in [0.2, 0.25) is 0 Å². The number of aryl methyl sites for hydroxylation is 1. The molecule has 14 heavy (non-hydrogen) atoms. The third-order valence-corrected chi connectivity index (χ3v) is 2.33. The summed E-state index contributed by atoms with van der Waals surface area (Å²) in [5.41, 5.74) is -0.00271. The maximum absolute atomic E-state index is 9.68. The van der Waals surface area contributed by atoms with Crippen LogP contribution in [-0.4, -0.2) is 15.8 Å². The molecule has 2 heteroatoms. The lowest BCUT2D eigenvalue weighted by Gasteiger charge is -2.18. The number of phenols is 1. The number of aromatic hydroxyl groups is 1. The SMILES string of the molecule is C=CC(C)(O)CCc1ccccc1O. The van der Waals surface area contributed by atoms with Crippen LogP contribution < -0.4 is 0 Å². The zero-order chi connectivity index (χ0) is 10.6. The molecule has 1 aromatic rings. The fraction of sp³-hybridized carbons (Fsp3) is 0.333. The molecule has 76 valence electrons. The highest BCUT2D eigenvalue weighted by atomic mass is 16.3. The van der Waals surface area contributed by atoms with Gasteiger partial charge in [-0.1, -0.05) is 24.3 Å². The highest BCUT2D eigenvalue weighted by Crippen LogP contribution is 2.21. The standard InChI is InChI=1S/C12H16O2/c1-3-12(2,14)9-8-10-6-4-5-7-11(10)13/h3-7,13-14H,1,8-9H2,2H3. The first-order valence-corrected chi connectivity index (χ1v) is 4.68. The molecule has 0 aliphatic carbocycles. The van der Waals surface area contributed by atoms with E-state index in [4.69, 9.17) is 0 Å². The number of benzene rings is 1. The molecule has 0 heterocycles. The smallest absolute Gasteiger partial charge is 0.118 e. The van der Waals surface area contributed by atoms with Crippen LogP contribution in [0, 0.1) is 0 Å². The molecule has 1 atom stereocenters. The Balaban J connectivity index is 2.62. The van der Waals surface area contributed by atoms with E-state index in [0.29, 0.717) is 12.8 Å². The quantitative estimate of drug-likeness (QED) is 0.718. The average molecular weight is 192 g/mol. The Morgan fingerprint density at radius 1 is 1.43 bits per heavy atom. The molecule has 1 unspecified atom stereocenters. The number of phenolic OH excluding ortho intramolecular Hbond substituents is 1. The van der Waals surface area contributed by atoms with Gasteiger partial charge in [-0.25, -0.2) is 0 Å². The minimum Gasteiger partial charge on any atom is -0.508 e. The summed E-state index contributed by atoms with van der Waals surface area (Å²) in [7, 11) is 0. The molecule has 0 amide bonds. The number of aliphatic hydroxyl groups is 1. The maximum Gasteiger partial charge on any atom is 0.118 e. The second-order valence-corrected chi connectivity index (χ2v) is 3.69. The minimum atomic E-state index is -0.859. The Labute approximate surface area is 84.5 Å². The van der Waals surface area contributed by atoms with Gasteiger partial charge in [0.15, 0.2) is 0 Å². The molecule has 0 aliphatic heterocycles. The Kier molecular flexibility index (Phi) is 3.31. The molecule has 0 fully saturated rings. The van der Waals surface area contributed by atoms with Gasteiger partial charge >= 0.3 is 0 Å². The van der Waals surface area contributed by atoms with Crippen LogP contribution in [0.25, 0.3) is 0 Å². The fourth-order valence-corrected chi connectivity index (χ4v) is 1.21. The van der Waals surface area contributed by atoms with Crippen LogP contribution in [0.5, 0.6) is 5.75 Å². The topological polar surface area (TPSA) is 40.5 Å². The normalized spacial score (nSPS) is 14.7. The lowest BCUT2D eigenvalue weighted by molar-refractivity contribution is 0.102. The Morgan fingerprint density at radius 3 is 2.64 bits per heavy atom. The zero-order valence-electron chi connectivity index (χ0n) is 8.40. The van der Waals surface area contributed by atoms with Crippen LogP contribution in [0.4, 0.5) is 0 Å². The van der Waals surface area contributed by atoms with Gasteiger partial charge in [0.25, 0.3) is 0 Å². The molecule has 1 aromatic carbocycles. The van der Waals surface area contributed by atoms with Crippen molar-refractivity contribution in [2.75, 3.05) is 0 Å². The summed E-state index contributed by atoms with van der Waals surface area (Å²) in [5.74, 6) is 0.285. The summed E-state index contributed by atoms with van der Waals surface area (Å²) in [6, 6.07) is 7.16. The van der Waals surface area contributed by atoms with E-state index < -0.39 is 5.60 Å². The molecule has 2 N–H and O–H groups in total. The predicted molar refractivity (Wildman–Crippen MR) is 57.2 cm³/mol. The van der Waals surface area contributed by atoms with Gasteiger partial charge in [0.1, 0.15) is 5.75 Å². The molecule has 0 aliphatic rings. The highest BCUT2D eigenvalue weighted by molar-refractivity contribution is 5.31. The zero-order valence-corrected chi connectivity index (χ0v) is 8.40. The van der Waals surface area contributed by atoms with Crippen molar-refractivity contribution >= 4 is 0 Å². The van der Waals surface area contributed by atoms with Crippen molar-refractivity contribution in [1.82, 2.24) is 0 Å². The predicted octanol–water partition coefficient (Wildman–Crippen LogP) is 2.26. The first-order chi connectivity index (χ1) is 6.55. The van der Waals surface area contributed by atoms with E-state index in [2.05, 4.69) is 6.58 Å². The maximum atomic E-state index is 9.68. The molecule has 0 aromatic heterocycles. The van der Waals surface area contributed by atoms with E-state index in [1.54, 1.807) is 19.1 Å². The highest BCUT2D eigenvalue weighted by Gasteiger charge is 2.15. The Bertz CT molecular complexity index is 316. The summed E-state index contributed by atoms with van der Waals surface area (Å²) >= 11 is 0. The molecule has 2 nitrogen and oxygen atoms in total. The van der Waals surface area contributed by atoms with Crippen LogP contribution in [0.15, 0.2) is 36.9 Å². The molecule has 0 saturated heterocycles. The molecule has 0 saturated carbocycles. The Hall–Kier alpha value is -1.28. The number of para-hydroxylation sites is 1. The van der Waals surface area contributed by atoms with E-state index >= 15 is 0 Å².